The second kappa shape index (κ2) is 5.76. The summed E-state index contributed by atoms with van der Waals surface area (Å²) in [5, 5.41) is 6.07. The Labute approximate surface area is 105 Å². The first-order valence-corrected chi connectivity index (χ1v) is 6.64. The van der Waals surface area contributed by atoms with Gasteiger partial charge in [-0.3, -0.25) is 4.79 Å². The molecule has 2 N–H and O–H groups in total. The maximum atomic E-state index is 11.9. The molecule has 2 rings (SSSR count). The maximum Gasteiger partial charge on any atom is 0.242 e. The quantitative estimate of drug-likeness (QED) is 0.773. The monoisotopic (exact) mass is 246 g/mol. The first-order valence-electron chi connectivity index (χ1n) is 5.48. The van der Waals surface area contributed by atoms with Crippen LogP contribution in [0.5, 0.6) is 0 Å². The van der Waals surface area contributed by atoms with Gasteiger partial charge in [0, 0.05) is 29.3 Å². The SMILES string of the molecule is C#Cc1cccc(NC(=O)C2CSCCN2)c1. The van der Waals surface area contributed by atoms with E-state index in [9.17, 15) is 4.79 Å². The topological polar surface area (TPSA) is 41.1 Å². The number of terminal acetylenes is 1. The molecule has 3 nitrogen and oxygen atoms in total. The lowest BCUT2D eigenvalue weighted by Gasteiger charge is -2.22. The summed E-state index contributed by atoms with van der Waals surface area (Å²) in [4.78, 5) is 11.9. The molecule has 1 heterocycles. The van der Waals surface area contributed by atoms with E-state index in [1.54, 1.807) is 17.8 Å². The minimum atomic E-state index is -0.108. The molecule has 0 spiro atoms. The molecule has 1 saturated heterocycles. The van der Waals surface area contributed by atoms with Crippen molar-refractivity contribution >= 4 is 23.4 Å². The lowest BCUT2D eigenvalue weighted by molar-refractivity contribution is -0.117. The average molecular weight is 246 g/mol. The molecule has 0 saturated carbocycles. The van der Waals surface area contributed by atoms with Crippen molar-refractivity contribution in [3.8, 4) is 12.3 Å². The summed E-state index contributed by atoms with van der Waals surface area (Å²) in [5.41, 5.74) is 1.52. The van der Waals surface area contributed by atoms with Gasteiger partial charge in [0.25, 0.3) is 0 Å². The van der Waals surface area contributed by atoms with Crippen LogP contribution in [0.3, 0.4) is 0 Å². The fraction of sp³-hybridized carbons (Fsp3) is 0.308. The summed E-state index contributed by atoms with van der Waals surface area (Å²) in [5.74, 6) is 4.44. The summed E-state index contributed by atoms with van der Waals surface area (Å²) in [6, 6.07) is 7.21. The zero-order valence-electron chi connectivity index (χ0n) is 9.40. The van der Waals surface area contributed by atoms with Gasteiger partial charge >= 0.3 is 0 Å². The number of carbonyl (C=O) groups is 1. The molecular formula is C13H14N2OS. The van der Waals surface area contributed by atoms with Crippen LogP contribution in [0.15, 0.2) is 24.3 Å². The van der Waals surface area contributed by atoms with Gasteiger partial charge in [0.2, 0.25) is 5.91 Å². The number of benzene rings is 1. The molecule has 1 aromatic rings. The molecule has 88 valence electrons. The lowest BCUT2D eigenvalue weighted by atomic mass is 10.2. The molecule has 1 fully saturated rings. The van der Waals surface area contributed by atoms with E-state index in [1.807, 2.05) is 18.2 Å². The van der Waals surface area contributed by atoms with E-state index in [0.29, 0.717) is 0 Å². The Kier molecular flexibility index (Phi) is 4.08. The zero-order chi connectivity index (χ0) is 12.1. The van der Waals surface area contributed by atoms with Crippen molar-refractivity contribution in [2.75, 3.05) is 23.4 Å². The molecule has 1 aliphatic heterocycles. The minimum absolute atomic E-state index is 0.00590. The molecule has 1 aliphatic rings. The number of hydrogen-bond donors (Lipinski definition) is 2. The molecule has 4 heteroatoms. The van der Waals surface area contributed by atoms with Gasteiger partial charge in [0.15, 0.2) is 0 Å². The second-order valence-electron chi connectivity index (χ2n) is 3.80. The molecule has 1 unspecified atom stereocenters. The van der Waals surface area contributed by atoms with E-state index in [1.165, 1.54) is 0 Å². The number of amides is 1. The largest absolute Gasteiger partial charge is 0.325 e. The van der Waals surface area contributed by atoms with E-state index in [0.717, 1.165) is 29.3 Å². The van der Waals surface area contributed by atoms with Crippen LogP contribution < -0.4 is 10.6 Å². The summed E-state index contributed by atoms with van der Waals surface area (Å²) in [7, 11) is 0. The van der Waals surface area contributed by atoms with Crippen LogP contribution in [0.4, 0.5) is 5.69 Å². The molecular weight excluding hydrogens is 232 g/mol. The van der Waals surface area contributed by atoms with Crippen molar-refractivity contribution < 1.29 is 4.79 Å². The molecule has 17 heavy (non-hydrogen) atoms. The standard InChI is InChI=1S/C13H14N2OS/c1-2-10-4-3-5-11(8-10)15-13(16)12-9-17-7-6-14-12/h1,3-5,8,12,14H,6-7,9H2,(H,15,16). The van der Waals surface area contributed by atoms with Gasteiger partial charge in [0.1, 0.15) is 0 Å². The van der Waals surface area contributed by atoms with E-state index in [2.05, 4.69) is 16.6 Å². The maximum absolute atomic E-state index is 11.9. The van der Waals surface area contributed by atoms with Crippen LogP contribution in [0.2, 0.25) is 0 Å². The third-order valence-corrected chi connectivity index (χ3v) is 3.60. The summed E-state index contributed by atoms with van der Waals surface area (Å²) >= 11 is 1.79. The number of thioether (sulfide) groups is 1. The highest BCUT2D eigenvalue weighted by Crippen LogP contribution is 2.12. The second-order valence-corrected chi connectivity index (χ2v) is 4.95. The smallest absolute Gasteiger partial charge is 0.242 e. The average Bonchev–Trinajstić information content (AvgIpc) is 2.40. The van der Waals surface area contributed by atoms with Crippen LogP contribution in [0.1, 0.15) is 5.56 Å². The zero-order valence-corrected chi connectivity index (χ0v) is 10.2. The fourth-order valence-electron chi connectivity index (χ4n) is 1.65. The van der Waals surface area contributed by atoms with Crippen LogP contribution in [-0.4, -0.2) is 30.0 Å². The van der Waals surface area contributed by atoms with Crippen molar-refractivity contribution in [3.63, 3.8) is 0 Å². The van der Waals surface area contributed by atoms with Crippen molar-refractivity contribution in [1.82, 2.24) is 5.32 Å². The normalized spacial score (nSPS) is 19.4. The Balaban J connectivity index is 1.99. The number of nitrogens with one attached hydrogen (secondary N) is 2. The molecule has 1 aromatic carbocycles. The Hall–Kier alpha value is -1.44. The highest BCUT2D eigenvalue weighted by atomic mass is 32.2. The van der Waals surface area contributed by atoms with Crippen molar-refractivity contribution in [2.45, 2.75) is 6.04 Å². The van der Waals surface area contributed by atoms with Crippen LogP contribution in [0, 0.1) is 12.3 Å². The summed E-state index contributed by atoms with van der Waals surface area (Å²) < 4.78 is 0. The van der Waals surface area contributed by atoms with Gasteiger partial charge in [-0.1, -0.05) is 12.0 Å². The van der Waals surface area contributed by atoms with Gasteiger partial charge in [0.05, 0.1) is 6.04 Å². The lowest BCUT2D eigenvalue weighted by Crippen LogP contribution is -2.46. The number of anilines is 1. The Morgan fingerprint density at radius 3 is 3.18 bits per heavy atom. The minimum Gasteiger partial charge on any atom is -0.325 e. The highest BCUT2D eigenvalue weighted by Gasteiger charge is 2.20. The van der Waals surface area contributed by atoms with Gasteiger partial charge in [-0.2, -0.15) is 11.8 Å². The number of rotatable bonds is 2. The molecule has 0 aromatic heterocycles. The first kappa shape index (κ1) is 12.0. The molecule has 0 bridgehead atoms. The molecule has 1 amide bonds. The third-order valence-electron chi connectivity index (χ3n) is 2.53. The molecule has 1 atom stereocenters. The number of hydrogen-bond acceptors (Lipinski definition) is 3. The molecule has 0 radical (unpaired) electrons. The van der Waals surface area contributed by atoms with Gasteiger partial charge in [-0.25, -0.2) is 0 Å². The summed E-state index contributed by atoms with van der Waals surface area (Å²) in [6.45, 7) is 0.882. The molecule has 0 aliphatic carbocycles. The van der Waals surface area contributed by atoms with E-state index < -0.39 is 0 Å². The summed E-state index contributed by atoms with van der Waals surface area (Å²) in [6.07, 6.45) is 5.31. The van der Waals surface area contributed by atoms with Crippen molar-refractivity contribution in [3.05, 3.63) is 29.8 Å². The van der Waals surface area contributed by atoms with E-state index >= 15 is 0 Å². The van der Waals surface area contributed by atoms with Crippen LogP contribution in [-0.2, 0) is 4.79 Å². The fourth-order valence-corrected chi connectivity index (χ4v) is 2.58. The first-order chi connectivity index (χ1) is 8.29. The predicted octanol–water partition coefficient (Wildman–Crippen LogP) is 1.31. The van der Waals surface area contributed by atoms with Gasteiger partial charge in [-0.05, 0) is 18.2 Å². The van der Waals surface area contributed by atoms with E-state index in [-0.39, 0.29) is 11.9 Å². The van der Waals surface area contributed by atoms with Gasteiger partial charge < -0.3 is 10.6 Å². The van der Waals surface area contributed by atoms with Crippen molar-refractivity contribution in [1.29, 1.82) is 0 Å². The van der Waals surface area contributed by atoms with Gasteiger partial charge in [-0.15, -0.1) is 6.42 Å². The Morgan fingerprint density at radius 2 is 2.47 bits per heavy atom. The predicted molar refractivity (Wildman–Crippen MR) is 72.1 cm³/mol. The van der Waals surface area contributed by atoms with Crippen LogP contribution >= 0.6 is 11.8 Å². The third kappa shape index (κ3) is 3.26. The van der Waals surface area contributed by atoms with Crippen molar-refractivity contribution in [2.24, 2.45) is 0 Å². The Bertz CT molecular complexity index is 447. The highest BCUT2D eigenvalue weighted by molar-refractivity contribution is 7.99. The van der Waals surface area contributed by atoms with Crippen LogP contribution in [0.25, 0.3) is 0 Å². The Morgan fingerprint density at radius 1 is 1.59 bits per heavy atom. The van der Waals surface area contributed by atoms with E-state index in [4.69, 9.17) is 6.42 Å². The number of carbonyl (C=O) groups excluding carboxylic acids is 1.